The lowest BCUT2D eigenvalue weighted by Crippen LogP contribution is -1.94. The van der Waals surface area contributed by atoms with Gasteiger partial charge in [0, 0.05) is 6.20 Å². The Morgan fingerprint density at radius 2 is 2.33 bits per heavy atom. The monoisotopic (exact) mass is 182 g/mol. The smallest absolute Gasteiger partial charge is 0.231 e. The molecule has 1 heterocycles. The molecule has 0 amide bonds. The standard InChI is InChI=1S/C8H7ClN2O/c1-5-6(3-10)8(12-2)11-4-7(5)9/h4H,1-2H3. The van der Waals surface area contributed by atoms with Crippen LogP contribution < -0.4 is 4.74 Å². The van der Waals surface area contributed by atoms with Crippen LogP contribution in [0, 0.1) is 18.3 Å². The van der Waals surface area contributed by atoms with Gasteiger partial charge in [-0.3, -0.25) is 0 Å². The first-order chi connectivity index (χ1) is 5.70. The number of nitrogens with zero attached hydrogens (tertiary/aromatic N) is 2. The second-order valence-corrected chi connectivity index (χ2v) is 2.63. The van der Waals surface area contributed by atoms with Crippen LogP contribution in [0.3, 0.4) is 0 Å². The van der Waals surface area contributed by atoms with Crippen LogP contribution in [0.25, 0.3) is 0 Å². The van der Waals surface area contributed by atoms with Gasteiger partial charge in [-0.05, 0) is 12.5 Å². The molecule has 1 rings (SSSR count). The first-order valence-electron chi connectivity index (χ1n) is 3.30. The lowest BCUT2D eigenvalue weighted by Gasteiger charge is -2.04. The molecule has 0 N–H and O–H groups in total. The zero-order chi connectivity index (χ0) is 9.14. The molecule has 0 saturated heterocycles. The maximum Gasteiger partial charge on any atom is 0.231 e. The zero-order valence-electron chi connectivity index (χ0n) is 6.76. The number of hydrogen-bond donors (Lipinski definition) is 0. The van der Waals surface area contributed by atoms with Crippen LogP contribution in [0.4, 0.5) is 0 Å². The molecule has 0 radical (unpaired) electrons. The van der Waals surface area contributed by atoms with E-state index in [9.17, 15) is 0 Å². The molecule has 0 atom stereocenters. The molecule has 0 fully saturated rings. The molecular formula is C8H7ClN2O. The highest BCUT2D eigenvalue weighted by atomic mass is 35.5. The van der Waals surface area contributed by atoms with Gasteiger partial charge in [-0.1, -0.05) is 11.6 Å². The number of aromatic nitrogens is 1. The molecule has 0 aliphatic heterocycles. The van der Waals surface area contributed by atoms with E-state index in [0.29, 0.717) is 22.0 Å². The van der Waals surface area contributed by atoms with E-state index < -0.39 is 0 Å². The Labute approximate surface area is 75.6 Å². The maximum absolute atomic E-state index is 8.73. The van der Waals surface area contributed by atoms with Crippen molar-refractivity contribution >= 4 is 11.6 Å². The molecule has 4 heteroatoms. The number of nitriles is 1. The minimum Gasteiger partial charge on any atom is -0.480 e. The molecule has 12 heavy (non-hydrogen) atoms. The molecule has 0 unspecified atom stereocenters. The van der Waals surface area contributed by atoms with Crippen molar-refractivity contribution in [2.45, 2.75) is 6.92 Å². The second kappa shape index (κ2) is 3.42. The molecule has 0 aliphatic carbocycles. The van der Waals surface area contributed by atoms with Gasteiger partial charge >= 0.3 is 0 Å². The zero-order valence-corrected chi connectivity index (χ0v) is 7.51. The van der Waals surface area contributed by atoms with Crippen LogP contribution in [-0.2, 0) is 0 Å². The third kappa shape index (κ3) is 1.34. The van der Waals surface area contributed by atoms with Gasteiger partial charge in [0.1, 0.15) is 11.6 Å². The van der Waals surface area contributed by atoms with E-state index in [4.69, 9.17) is 21.6 Å². The van der Waals surface area contributed by atoms with Crippen LogP contribution in [0.15, 0.2) is 6.20 Å². The molecule has 1 aromatic rings. The van der Waals surface area contributed by atoms with Gasteiger partial charge < -0.3 is 4.74 Å². The highest BCUT2D eigenvalue weighted by Crippen LogP contribution is 2.23. The molecule has 3 nitrogen and oxygen atoms in total. The van der Waals surface area contributed by atoms with E-state index in [1.54, 1.807) is 6.92 Å². The van der Waals surface area contributed by atoms with Crippen LogP contribution in [0.2, 0.25) is 5.02 Å². The maximum atomic E-state index is 8.73. The van der Waals surface area contributed by atoms with Crippen molar-refractivity contribution < 1.29 is 4.74 Å². The topological polar surface area (TPSA) is 45.9 Å². The highest BCUT2D eigenvalue weighted by Gasteiger charge is 2.09. The van der Waals surface area contributed by atoms with Crippen molar-refractivity contribution in [3.05, 3.63) is 22.3 Å². The van der Waals surface area contributed by atoms with Gasteiger partial charge in [-0.15, -0.1) is 0 Å². The summed E-state index contributed by atoms with van der Waals surface area (Å²) in [6.07, 6.45) is 1.47. The fourth-order valence-electron chi connectivity index (χ4n) is 0.843. The fourth-order valence-corrected chi connectivity index (χ4v) is 0.986. The third-order valence-corrected chi connectivity index (χ3v) is 1.93. The van der Waals surface area contributed by atoms with Gasteiger partial charge in [0.05, 0.1) is 12.1 Å². The van der Waals surface area contributed by atoms with E-state index >= 15 is 0 Å². The average molecular weight is 183 g/mol. The van der Waals surface area contributed by atoms with Gasteiger partial charge in [0.25, 0.3) is 0 Å². The Hall–Kier alpha value is -1.27. The number of hydrogen-bond acceptors (Lipinski definition) is 3. The molecule has 0 aromatic carbocycles. The Bertz CT molecular complexity index is 344. The van der Waals surface area contributed by atoms with Crippen molar-refractivity contribution in [2.24, 2.45) is 0 Å². The van der Waals surface area contributed by atoms with Crippen molar-refractivity contribution in [2.75, 3.05) is 7.11 Å². The summed E-state index contributed by atoms with van der Waals surface area (Å²) in [6.45, 7) is 1.76. The quantitative estimate of drug-likeness (QED) is 0.667. The summed E-state index contributed by atoms with van der Waals surface area (Å²) >= 11 is 5.75. The minimum absolute atomic E-state index is 0.319. The Morgan fingerprint density at radius 1 is 1.67 bits per heavy atom. The van der Waals surface area contributed by atoms with Crippen LogP contribution >= 0.6 is 11.6 Å². The second-order valence-electron chi connectivity index (χ2n) is 2.23. The fraction of sp³-hybridized carbons (Fsp3) is 0.250. The predicted molar refractivity (Wildman–Crippen MR) is 45.3 cm³/mol. The lowest BCUT2D eigenvalue weighted by atomic mass is 10.2. The molecule has 0 bridgehead atoms. The average Bonchev–Trinajstić information content (AvgIpc) is 2.09. The summed E-state index contributed by atoms with van der Waals surface area (Å²) in [5, 5.41) is 9.21. The SMILES string of the molecule is COc1ncc(Cl)c(C)c1C#N. The minimum atomic E-state index is 0.319. The number of pyridine rings is 1. The Kier molecular flexibility index (Phi) is 2.51. The molecule has 0 spiro atoms. The van der Waals surface area contributed by atoms with E-state index in [-0.39, 0.29) is 0 Å². The van der Waals surface area contributed by atoms with Crippen LogP contribution in [-0.4, -0.2) is 12.1 Å². The highest BCUT2D eigenvalue weighted by molar-refractivity contribution is 6.31. The number of rotatable bonds is 1. The summed E-state index contributed by atoms with van der Waals surface area (Å²) in [5.41, 5.74) is 1.09. The first-order valence-corrected chi connectivity index (χ1v) is 3.67. The Morgan fingerprint density at radius 3 is 2.83 bits per heavy atom. The van der Waals surface area contributed by atoms with Crippen LogP contribution in [0.1, 0.15) is 11.1 Å². The van der Waals surface area contributed by atoms with E-state index in [1.165, 1.54) is 13.3 Å². The largest absolute Gasteiger partial charge is 0.480 e. The van der Waals surface area contributed by atoms with Gasteiger partial charge in [0.2, 0.25) is 5.88 Å². The summed E-state index contributed by atoms with van der Waals surface area (Å²) in [4.78, 5) is 3.85. The predicted octanol–water partition coefficient (Wildman–Crippen LogP) is 1.92. The first kappa shape index (κ1) is 8.82. The summed E-state index contributed by atoms with van der Waals surface area (Å²) in [5.74, 6) is 0.319. The summed E-state index contributed by atoms with van der Waals surface area (Å²) in [7, 11) is 1.47. The van der Waals surface area contributed by atoms with Gasteiger partial charge in [0.15, 0.2) is 0 Å². The number of halogens is 1. The molecule has 0 saturated carbocycles. The van der Waals surface area contributed by atoms with Crippen molar-refractivity contribution in [3.63, 3.8) is 0 Å². The normalized spacial score (nSPS) is 9.17. The molecular weight excluding hydrogens is 176 g/mol. The summed E-state index contributed by atoms with van der Waals surface area (Å²) < 4.78 is 4.88. The van der Waals surface area contributed by atoms with E-state index in [2.05, 4.69) is 4.98 Å². The van der Waals surface area contributed by atoms with Crippen molar-refractivity contribution in [3.8, 4) is 11.9 Å². The van der Waals surface area contributed by atoms with E-state index in [0.717, 1.165) is 0 Å². The van der Waals surface area contributed by atoms with Crippen molar-refractivity contribution in [1.82, 2.24) is 4.98 Å². The third-order valence-electron chi connectivity index (χ3n) is 1.55. The molecule has 62 valence electrons. The number of ether oxygens (including phenoxy) is 1. The van der Waals surface area contributed by atoms with Crippen molar-refractivity contribution in [1.29, 1.82) is 5.26 Å². The molecule has 0 aliphatic rings. The van der Waals surface area contributed by atoms with Gasteiger partial charge in [-0.2, -0.15) is 5.26 Å². The Balaban J connectivity index is 3.38. The summed E-state index contributed by atoms with van der Waals surface area (Å²) in [6, 6.07) is 1.98. The molecule has 1 aromatic heterocycles. The van der Waals surface area contributed by atoms with Crippen LogP contribution in [0.5, 0.6) is 5.88 Å². The van der Waals surface area contributed by atoms with Gasteiger partial charge in [-0.25, -0.2) is 4.98 Å². The lowest BCUT2D eigenvalue weighted by molar-refractivity contribution is 0.396. The van der Waals surface area contributed by atoms with E-state index in [1.807, 2.05) is 6.07 Å². The number of methoxy groups -OCH3 is 1.